The number of amides is 2. The minimum Gasteiger partial charge on any atom is -0.337 e. The molecule has 5 nitrogen and oxygen atoms in total. The molecule has 0 aromatic carbocycles. The van der Waals surface area contributed by atoms with E-state index in [1.807, 2.05) is 4.90 Å². The summed E-state index contributed by atoms with van der Waals surface area (Å²) in [5, 5.41) is 3.14. The van der Waals surface area contributed by atoms with Gasteiger partial charge in [0.25, 0.3) is 0 Å². The van der Waals surface area contributed by atoms with Gasteiger partial charge in [0.05, 0.1) is 0 Å². The van der Waals surface area contributed by atoms with Crippen molar-refractivity contribution in [2.24, 2.45) is 11.8 Å². The number of piperidine rings is 1. The number of rotatable bonds is 10. The van der Waals surface area contributed by atoms with Crippen LogP contribution < -0.4 is 5.32 Å². The fourth-order valence-corrected chi connectivity index (χ4v) is 3.44. The molecule has 1 atom stereocenters. The average molecular weight is 341 g/mol. The number of hydrogen-bond acceptors (Lipinski definition) is 3. The van der Waals surface area contributed by atoms with Crippen LogP contribution in [0.2, 0.25) is 0 Å². The lowest BCUT2D eigenvalue weighted by atomic mass is 10.0. The fourth-order valence-electron chi connectivity index (χ4n) is 3.44. The third-order valence-electron chi connectivity index (χ3n) is 4.90. The van der Waals surface area contributed by atoms with E-state index < -0.39 is 0 Å². The summed E-state index contributed by atoms with van der Waals surface area (Å²) in [4.78, 5) is 19.4. The standard InChI is InChI=1S/C19H40N4O/c1-6-21(7-2)13-14-23(15-17(3)4)19(24)20-10-12-22-11-8-9-18(5)16-22/h17-18H,6-16H2,1-5H3,(H,20,24). The monoisotopic (exact) mass is 340 g/mol. The van der Waals surface area contributed by atoms with Gasteiger partial charge in [0, 0.05) is 39.3 Å². The first-order valence-electron chi connectivity index (χ1n) is 9.93. The Balaban J connectivity index is 2.37. The molecule has 1 aliphatic heterocycles. The molecule has 0 bridgehead atoms. The van der Waals surface area contributed by atoms with E-state index in [0.717, 1.165) is 51.7 Å². The van der Waals surface area contributed by atoms with Crippen LogP contribution >= 0.6 is 0 Å². The number of hydrogen-bond donors (Lipinski definition) is 1. The molecule has 142 valence electrons. The van der Waals surface area contributed by atoms with Crippen molar-refractivity contribution in [3.05, 3.63) is 0 Å². The Morgan fingerprint density at radius 3 is 2.54 bits per heavy atom. The van der Waals surface area contributed by atoms with Gasteiger partial charge in [-0.3, -0.25) is 0 Å². The van der Waals surface area contributed by atoms with Crippen LogP contribution in [0.5, 0.6) is 0 Å². The molecule has 1 aliphatic rings. The molecule has 2 amide bonds. The summed E-state index contributed by atoms with van der Waals surface area (Å²) < 4.78 is 0. The lowest BCUT2D eigenvalue weighted by Gasteiger charge is -2.31. The van der Waals surface area contributed by atoms with Gasteiger partial charge in [-0.2, -0.15) is 0 Å². The molecular weight excluding hydrogens is 300 g/mol. The largest absolute Gasteiger partial charge is 0.337 e. The van der Waals surface area contributed by atoms with E-state index in [2.05, 4.69) is 49.7 Å². The van der Waals surface area contributed by atoms with E-state index in [9.17, 15) is 4.79 Å². The van der Waals surface area contributed by atoms with Gasteiger partial charge >= 0.3 is 6.03 Å². The molecular formula is C19H40N4O. The number of carbonyl (C=O) groups excluding carboxylic acids is 1. The van der Waals surface area contributed by atoms with Crippen molar-refractivity contribution < 1.29 is 4.79 Å². The number of carbonyl (C=O) groups is 1. The maximum atomic E-state index is 12.6. The first-order chi connectivity index (χ1) is 11.5. The zero-order valence-electron chi connectivity index (χ0n) is 16.7. The number of likely N-dealkylation sites (N-methyl/N-ethyl adjacent to an activating group) is 1. The first-order valence-corrected chi connectivity index (χ1v) is 9.93. The van der Waals surface area contributed by atoms with Crippen LogP contribution in [0.4, 0.5) is 4.79 Å². The minimum atomic E-state index is 0.0981. The Morgan fingerprint density at radius 2 is 1.96 bits per heavy atom. The second kappa shape index (κ2) is 11.7. The van der Waals surface area contributed by atoms with Crippen molar-refractivity contribution >= 4 is 6.03 Å². The Labute approximate surface area is 149 Å². The topological polar surface area (TPSA) is 38.8 Å². The van der Waals surface area contributed by atoms with Crippen molar-refractivity contribution in [1.29, 1.82) is 0 Å². The quantitative estimate of drug-likeness (QED) is 0.664. The maximum absolute atomic E-state index is 12.6. The molecule has 1 rings (SSSR count). The van der Waals surface area contributed by atoms with Gasteiger partial charge in [0.15, 0.2) is 0 Å². The Morgan fingerprint density at radius 1 is 1.25 bits per heavy atom. The summed E-state index contributed by atoms with van der Waals surface area (Å²) in [6.45, 7) is 19.8. The summed E-state index contributed by atoms with van der Waals surface area (Å²) >= 11 is 0. The van der Waals surface area contributed by atoms with Crippen molar-refractivity contribution in [2.45, 2.75) is 47.5 Å². The molecule has 0 aromatic rings. The maximum Gasteiger partial charge on any atom is 0.317 e. The third-order valence-corrected chi connectivity index (χ3v) is 4.90. The van der Waals surface area contributed by atoms with E-state index in [0.29, 0.717) is 5.92 Å². The average Bonchev–Trinajstić information content (AvgIpc) is 2.54. The SMILES string of the molecule is CCN(CC)CCN(CC(C)C)C(=O)NCCN1CCCC(C)C1. The van der Waals surface area contributed by atoms with Crippen molar-refractivity contribution in [3.63, 3.8) is 0 Å². The van der Waals surface area contributed by atoms with Crippen molar-refractivity contribution in [3.8, 4) is 0 Å². The summed E-state index contributed by atoms with van der Waals surface area (Å²) in [5.41, 5.74) is 0. The number of nitrogens with one attached hydrogen (secondary N) is 1. The van der Waals surface area contributed by atoms with Crippen LogP contribution in [0.25, 0.3) is 0 Å². The van der Waals surface area contributed by atoms with Crippen LogP contribution in [-0.4, -0.2) is 79.6 Å². The first kappa shape index (κ1) is 21.2. The molecule has 1 unspecified atom stereocenters. The van der Waals surface area contributed by atoms with Gasteiger partial charge in [0.1, 0.15) is 0 Å². The van der Waals surface area contributed by atoms with Crippen LogP contribution in [0.15, 0.2) is 0 Å². The number of nitrogens with zero attached hydrogens (tertiary/aromatic N) is 3. The molecule has 1 saturated heterocycles. The smallest absolute Gasteiger partial charge is 0.317 e. The van der Waals surface area contributed by atoms with Crippen molar-refractivity contribution in [1.82, 2.24) is 20.0 Å². The molecule has 0 spiro atoms. The molecule has 1 N–H and O–H groups in total. The predicted molar refractivity (Wildman–Crippen MR) is 102 cm³/mol. The van der Waals surface area contributed by atoms with Crippen LogP contribution in [0.1, 0.15) is 47.5 Å². The molecule has 1 fully saturated rings. The molecule has 0 aromatic heterocycles. The van der Waals surface area contributed by atoms with Gasteiger partial charge < -0.3 is 20.0 Å². The molecule has 0 aliphatic carbocycles. The van der Waals surface area contributed by atoms with E-state index >= 15 is 0 Å². The highest BCUT2D eigenvalue weighted by Gasteiger charge is 2.18. The summed E-state index contributed by atoms with van der Waals surface area (Å²) in [6, 6.07) is 0.0981. The minimum absolute atomic E-state index is 0.0981. The highest BCUT2D eigenvalue weighted by Crippen LogP contribution is 2.14. The summed E-state index contributed by atoms with van der Waals surface area (Å²) in [7, 11) is 0. The van der Waals surface area contributed by atoms with Crippen LogP contribution in [0, 0.1) is 11.8 Å². The van der Waals surface area contributed by atoms with E-state index in [1.54, 1.807) is 0 Å². The van der Waals surface area contributed by atoms with E-state index in [-0.39, 0.29) is 6.03 Å². The lowest BCUT2D eigenvalue weighted by molar-refractivity contribution is 0.167. The molecule has 24 heavy (non-hydrogen) atoms. The van der Waals surface area contributed by atoms with Crippen molar-refractivity contribution in [2.75, 3.05) is 58.9 Å². The molecule has 0 radical (unpaired) electrons. The molecule has 0 saturated carbocycles. The number of urea groups is 1. The van der Waals surface area contributed by atoms with Gasteiger partial charge in [-0.15, -0.1) is 0 Å². The zero-order valence-corrected chi connectivity index (χ0v) is 16.7. The summed E-state index contributed by atoms with van der Waals surface area (Å²) in [6.07, 6.45) is 2.63. The van der Waals surface area contributed by atoms with E-state index in [1.165, 1.54) is 25.9 Å². The Bertz CT molecular complexity index is 344. The van der Waals surface area contributed by atoms with Gasteiger partial charge in [-0.25, -0.2) is 4.79 Å². The number of likely N-dealkylation sites (tertiary alicyclic amines) is 1. The lowest BCUT2D eigenvalue weighted by Crippen LogP contribution is -2.47. The van der Waals surface area contributed by atoms with Crippen LogP contribution in [-0.2, 0) is 0 Å². The van der Waals surface area contributed by atoms with Gasteiger partial charge in [-0.1, -0.05) is 34.6 Å². The highest BCUT2D eigenvalue weighted by atomic mass is 16.2. The molecule has 1 heterocycles. The predicted octanol–water partition coefficient (Wildman–Crippen LogP) is 2.73. The van der Waals surface area contributed by atoms with E-state index in [4.69, 9.17) is 0 Å². The van der Waals surface area contributed by atoms with Gasteiger partial charge in [-0.05, 0) is 44.3 Å². The second-order valence-corrected chi connectivity index (χ2v) is 7.65. The zero-order chi connectivity index (χ0) is 17.9. The van der Waals surface area contributed by atoms with Gasteiger partial charge in [0.2, 0.25) is 0 Å². The summed E-state index contributed by atoms with van der Waals surface area (Å²) in [5.74, 6) is 1.29. The highest BCUT2D eigenvalue weighted by molar-refractivity contribution is 5.74. The normalized spacial score (nSPS) is 19.0. The Kier molecular flexibility index (Phi) is 10.3. The second-order valence-electron chi connectivity index (χ2n) is 7.65. The third kappa shape index (κ3) is 8.34. The Hall–Kier alpha value is -0.810. The fraction of sp³-hybridized carbons (Fsp3) is 0.947. The molecule has 5 heteroatoms. The van der Waals surface area contributed by atoms with Crippen LogP contribution in [0.3, 0.4) is 0 Å².